The Morgan fingerprint density at radius 2 is 2.26 bits per heavy atom. The number of carbonyl (C=O) groups excluding carboxylic acids is 1. The van der Waals surface area contributed by atoms with Gasteiger partial charge in [-0.25, -0.2) is 0 Å². The third-order valence-corrected chi connectivity index (χ3v) is 3.64. The molecule has 19 heavy (non-hydrogen) atoms. The number of rotatable bonds is 5. The van der Waals surface area contributed by atoms with Crippen LogP contribution in [0.1, 0.15) is 31.5 Å². The Morgan fingerprint density at radius 1 is 1.53 bits per heavy atom. The minimum atomic E-state index is 0.0765. The van der Waals surface area contributed by atoms with Gasteiger partial charge in [-0.1, -0.05) is 0 Å². The normalized spacial score (nSPS) is 18.2. The van der Waals surface area contributed by atoms with E-state index >= 15 is 0 Å². The van der Waals surface area contributed by atoms with E-state index in [-0.39, 0.29) is 18.0 Å². The minimum Gasteiger partial charge on any atom is -0.381 e. The zero-order chi connectivity index (χ0) is 13.7. The lowest BCUT2D eigenvalue weighted by Gasteiger charge is -2.23. The second-order valence-corrected chi connectivity index (χ2v) is 5.03. The molecule has 5 nitrogen and oxygen atoms in total. The van der Waals surface area contributed by atoms with Crippen molar-refractivity contribution < 1.29 is 9.53 Å². The molecule has 1 aliphatic rings. The summed E-state index contributed by atoms with van der Waals surface area (Å²) in [7, 11) is 1.92. The molecule has 2 heterocycles. The number of aromatic nitrogens is 1. The Bertz CT molecular complexity index is 411. The van der Waals surface area contributed by atoms with Gasteiger partial charge in [0, 0.05) is 37.2 Å². The molecule has 0 aliphatic carbocycles. The zero-order valence-electron chi connectivity index (χ0n) is 11.7. The van der Waals surface area contributed by atoms with Crippen molar-refractivity contribution in [2.45, 2.75) is 38.4 Å². The van der Waals surface area contributed by atoms with Crippen LogP contribution >= 0.6 is 0 Å². The van der Waals surface area contributed by atoms with E-state index in [1.54, 1.807) is 0 Å². The Kier molecular flexibility index (Phi) is 4.99. The van der Waals surface area contributed by atoms with Crippen LogP contribution in [0.2, 0.25) is 0 Å². The fraction of sp³-hybridized carbons (Fsp3) is 0.643. The van der Waals surface area contributed by atoms with Gasteiger partial charge in [0.1, 0.15) is 6.54 Å². The smallest absolute Gasteiger partial charge is 0.240 e. The molecule has 0 spiro atoms. The number of nitrogens with zero attached hydrogens (tertiary/aromatic N) is 1. The number of nitrogens with one attached hydrogen (secondary N) is 2. The highest BCUT2D eigenvalue weighted by molar-refractivity contribution is 5.76. The van der Waals surface area contributed by atoms with Gasteiger partial charge in [0.05, 0.1) is 0 Å². The summed E-state index contributed by atoms with van der Waals surface area (Å²) in [5.41, 5.74) is 1.13. The van der Waals surface area contributed by atoms with Crippen molar-refractivity contribution in [3.8, 4) is 0 Å². The summed E-state index contributed by atoms with van der Waals surface area (Å²) >= 11 is 0. The SMILES string of the molecule is CNC(C)c1cccn1CC(=O)NC1CCOCC1. The van der Waals surface area contributed by atoms with Gasteiger partial charge in [0.15, 0.2) is 0 Å². The van der Waals surface area contributed by atoms with E-state index in [0.717, 1.165) is 31.7 Å². The second kappa shape index (κ2) is 6.73. The van der Waals surface area contributed by atoms with Crippen molar-refractivity contribution in [3.05, 3.63) is 24.0 Å². The van der Waals surface area contributed by atoms with Crippen molar-refractivity contribution >= 4 is 5.91 Å². The first-order valence-electron chi connectivity index (χ1n) is 6.90. The van der Waals surface area contributed by atoms with E-state index in [1.807, 2.05) is 29.9 Å². The summed E-state index contributed by atoms with van der Waals surface area (Å²) in [6.07, 6.45) is 3.78. The minimum absolute atomic E-state index is 0.0765. The summed E-state index contributed by atoms with van der Waals surface area (Å²) in [6.45, 7) is 3.96. The van der Waals surface area contributed by atoms with Gasteiger partial charge in [-0.3, -0.25) is 4.79 Å². The Balaban J connectivity index is 1.89. The van der Waals surface area contributed by atoms with Crippen LogP contribution in [0.4, 0.5) is 0 Å². The molecule has 1 aliphatic heterocycles. The Labute approximate surface area is 114 Å². The lowest BCUT2D eigenvalue weighted by atomic mass is 10.1. The molecule has 5 heteroatoms. The Morgan fingerprint density at radius 3 is 2.95 bits per heavy atom. The maximum absolute atomic E-state index is 12.0. The molecular formula is C14H23N3O2. The third-order valence-electron chi connectivity index (χ3n) is 3.64. The van der Waals surface area contributed by atoms with Crippen molar-refractivity contribution in [2.24, 2.45) is 0 Å². The van der Waals surface area contributed by atoms with Crippen LogP contribution in [0.3, 0.4) is 0 Å². The molecule has 0 aromatic carbocycles. The molecule has 1 saturated heterocycles. The first kappa shape index (κ1) is 14.1. The van der Waals surface area contributed by atoms with E-state index in [2.05, 4.69) is 17.6 Å². The van der Waals surface area contributed by atoms with Gasteiger partial charge in [-0.2, -0.15) is 0 Å². The van der Waals surface area contributed by atoms with Crippen LogP contribution in [0.15, 0.2) is 18.3 Å². The zero-order valence-corrected chi connectivity index (χ0v) is 11.7. The van der Waals surface area contributed by atoms with E-state index in [4.69, 9.17) is 4.74 Å². The average Bonchev–Trinajstić information content (AvgIpc) is 2.87. The molecule has 0 bridgehead atoms. The fourth-order valence-corrected chi connectivity index (χ4v) is 2.38. The van der Waals surface area contributed by atoms with Crippen LogP contribution in [0, 0.1) is 0 Å². The third kappa shape index (κ3) is 3.81. The number of hydrogen-bond donors (Lipinski definition) is 2. The average molecular weight is 265 g/mol. The molecule has 1 fully saturated rings. The molecule has 0 saturated carbocycles. The van der Waals surface area contributed by atoms with Gasteiger partial charge in [-0.05, 0) is 38.9 Å². The highest BCUT2D eigenvalue weighted by Crippen LogP contribution is 2.13. The predicted molar refractivity (Wildman–Crippen MR) is 73.9 cm³/mol. The molecule has 0 radical (unpaired) electrons. The van der Waals surface area contributed by atoms with Gasteiger partial charge < -0.3 is 19.9 Å². The first-order valence-corrected chi connectivity index (χ1v) is 6.90. The van der Waals surface area contributed by atoms with E-state index in [9.17, 15) is 4.79 Å². The van der Waals surface area contributed by atoms with Gasteiger partial charge in [0.25, 0.3) is 0 Å². The summed E-state index contributed by atoms with van der Waals surface area (Å²) in [5, 5.41) is 6.27. The van der Waals surface area contributed by atoms with E-state index in [1.165, 1.54) is 0 Å². The number of hydrogen-bond acceptors (Lipinski definition) is 3. The largest absolute Gasteiger partial charge is 0.381 e. The van der Waals surface area contributed by atoms with Gasteiger partial charge in [-0.15, -0.1) is 0 Å². The summed E-state index contributed by atoms with van der Waals surface area (Å²) in [5.74, 6) is 0.0765. The predicted octanol–water partition coefficient (Wildman–Crippen LogP) is 1.06. The highest BCUT2D eigenvalue weighted by atomic mass is 16.5. The molecule has 2 N–H and O–H groups in total. The van der Waals surface area contributed by atoms with Crippen LogP contribution in [0.5, 0.6) is 0 Å². The van der Waals surface area contributed by atoms with Crippen molar-refractivity contribution in [1.82, 2.24) is 15.2 Å². The molecule has 1 unspecified atom stereocenters. The molecular weight excluding hydrogens is 242 g/mol. The van der Waals surface area contributed by atoms with Crippen molar-refractivity contribution in [2.75, 3.05) is 20.3 Å². The van der Waals surface area contributed by atoms with Crippen LogP contribution < -0.4 is 10.6 Å². The molecule has 106 valence electrons. The lowest BCUT2D eigenvalue weighted by Crippen LogP contribution is -2.40. The summed E-state index contributed by atoms with van der Waals surface area (Å²) in [6, 6.07) is 4.53. The van der Waals surface area contributed by atoms with E-state index < -0.39 is 0 Å². The quantitative estimate of drug-likeness (QED) is 0.837. The first-order chi connectivity index (χ1) is 9.20. The maximum Gasteiger partial charge on any atom is 0.240 e. The van der Waals surface area contributed by atoms with Crippen LogP contribution in [-0.2, 0) is 16.1 Å². The molecule has 1 aromatic heterocycles. The van der Waals surface area contributed by atoms with E-state index in [0.29, 0.717) is 6.54 Å². The van der Waals surface area contributed by atoms with Crippen molar-refractivity contribution in [1.29, 1.82) is 0 Å². The number of ether oxygens (including phenoxy) is 1. The monoisotopic (exact) mass is 265 g/mol. The second-order valence-electron chi connectivity index (χ2n) is 5.03. The number of amides is 1. The fourth-order valence-electron chi connectivity index (χ4n) is 2.38. The van der Waals surface area contributed by atoms with Gasteiger partial charge in [0.2, 0.25) is 5.91 Å². The van der Waals surface area contributed by atoms with Crippen LogP contribution in [0.25, 0.3) is 0 Å². The topological polar surface area (TPSA) is 55.3 Å². The number of carbonyl (C=O) groups is 1. The van der Waals surface area contributed by atoms with Crippen LogP contribution in [-0.4, -0.2) is 36.8 Å². The molecule has 1 aromatic rings. The standard InChI is InChI=1S/C14H23N3O2/c1-11(15-2)13-4-3-7-17(13)10-14(18)16-12-5-8-19-9-6-12/h3-4,7,11-12,15H,5-6,8-10H2,1-2H3,(H,16,18). The molecule has 2 rings (SSSR count). The summed E-state index contributed by atoms with van der Waals surface area (Å²) in [4.78, 5) is 12.0. The lowest BCUT2D eigenvalue weighted by molar-refractivity contribution is -0.123. The maximum atomic E-state index is 12.0. The van der Waals surface area contributed by atoms with Crippen molar-refractivity contribution in [3.63, 3.8) is 0 Å². The summed E-state index contributed by atoms with van der Waals surface area (Å²) < 4.78 is 7.28. The van der Waals surface area contributed by atoms with Gasteiger partial charge >= 0.3 is 0 Å². The molecule has 1 atom stereocenters. The Hall–Kier alpha value is -1.33. The highest BCUT2D eigenvalue weighted by Gasteiger charge is 2.17. The molecule has 1 amide bonds.